The van der Waals surface area contributed by atoms with Crippen LogP contribution in [-0.2, 0) is 16.4 Å². The van der Waals surface area contributed by atoms with E-state index in [-0.39, 0.29) is 10.8 Å². The van der Waals surface area contributed by atoms with Gasteiger partial charge in [0.1, 0.15) is 5.82 Å². The Balaban J connectivity index is 1.61. The summed E-state index contributed by atoms with van der Waals surface area (Å²) >= 11 is 0. The van der Waals surface area contributed by atoms with Gasteiger partial charge in [0.05, 0.1) is 4.90 Å². The predicted octanol–water partition coefficient (Wildman–Crippen LogP) is 1.90. The Morgan fingerprint density at radius 2 is 1.84 bits per heavy atom. The summed E-state index contributed by atoms with van der Waals surface area (Å²) in [5, 5.41) is 2.73. The molecule has 1 fully saturated rings. The van der Waals surface area contributed by atoms with Crippen molar-refractivity contribution in [3.8, 4) is 0 Å². The third-order valence-electron chi connectivity index (χ3n) is 5.95. The Kier molecular flexibility index (Phi) is 6.00. The number of hydrogen-bond donors (Lipinski definition) is 2. The van der Waals surface area contributed by atoms with Gasteiger partial charge >= 0.3 is 0 Å². The molecule has 1 saturated heterocycles. The van der Waals surface area contributed by atoms with Crippen LogP contribution in [0.2, 0.25) is 0 Å². The molecular formula is C22H27FN4O3S. The average molecular weight is 447 g/mol. The third-order valence-corrected chi connectivity index (χ3v) is 7.49. The van der Waals surface area contributed by atoms with Crippen molar-refractivity contribution in [2.24, 2.45) is 0 Å². The van der Waals surface area contributed by atoms with Crippen molar-refractivity contribution in [1.82, 2.24) is 14.9 Å². The molecule has 1 atom stereocenters. The number of nitrogens with one attached hydrogen (secondary N) is 2. The van der Waals surface area contributed by atoms with Crippen molar-refractivity contribution in [3.63, 3.8) is 0 Å². The zero-order valence-corrected chi connectivity index (χ0v) is 18.5. The second kappa shape index (κ2) is 8.57. The number of anilines is 1. The quantitative estimate of drug-likeness (QED) is 0.733. The number of hydrogen-bond acceptors (Lipinski definition) is 5. The smallest absolute Gasteiger partial charge is 0.251 e. The van der Waals surface area contributed by atoms with Crippen LogP contribution in [0.15, 0.2) is 41.3 Å². The lowest BCUT2D eigenvalue weighted by molar-refractivity contribution is 0.0945. The normalized spacial score (nSPS) is 18.4. The van der Waals surface area contributed by atoms with E-state index >= 15 is 0 Å². The topological polar surface area (TPSA) is 81.7 Å². The highest BCUT2D eigenvalue weighted by Crippen LogP contribution is 2.30. The van der Waals surface area contributed by atoms with Crippen molar-refractivity contribution < 1.29 is 17.6 Å². The van der Waals surface area contributed by atoms with E-state index in [1.807, 2.05) is 0 Å². The first kappa shape index (κ1) is 21.7. The van der Waals surface area contributed by atoms with Gasteiger partial charge in [0.25, 0.3) is 5.91 Å². The van der Waals surface area contributed by atoms with Crippen molar-refractivity contribution in [2.75, 3.05) is 44.7 Å². The zero-order valence-electron chi connectivity index (χ0n) is 17.7. The van der Waals surface area contributed by atoms with Gasteiger partial charge in [0.15, 0.2) is 0 Å². The van der Waals surface area contributed by atoms with Gasteiger partial charge in [0.2, 0.25) is 10.0 Å². The maximum Gasteiger partial charge on any atom is 0.251 e. The molecule has 31 heavy (non-hydrogen) atoms. The molecule has 1 amide bonds. The number of carbonyl (C=O) groups is 1. The maximum atomic E-state index is 14.1. The fraction of sp³-hybridized carbons (Fsp3) is 0.409. The van der Waals surface area contributed by atoms with E-state index in [0.29, 0.717) is 24.1 Å². The molecule has 0 bridgehead atoms. The standard InChI is InChI=1S/C22H27FN4O3S/c1-15(19-13-17(23)4-6-21(19)27-11-9-26(2)10-12-27)25-31(29,30)18-5-3-16-7-8-24-22(28)20(16)14-18/h3-6,13-15,25H,7-12H2,1-2H3,(H,24,28). The lowest BCUT2D eigenvalue weighted by atomic mass is 10.0. The van der Waals surface area contributed by atoms with Crippen LogP contribution < -0.4 is 14.9 Å². The number of halogens is 1. The molecule has 2 heterocycles. The Labute approximate surface area is 182 Å². The van der Waals surface area contributed by atoms with E-state index in [9.17, 15) is 17.6 Å². The second-order valence-corrected chi connectivity index (χ2v) is 9.88. The molecule has 2 N–H and O–H groups in total. The maximum absolute atomic E-state index is 14.1. The first-order valence-corrected chi connectivity index (χ1v) is 11.9. The lowest BCUT2D eigenvalue weighted by Gasteiger charge is -2.36. The van der Waals surface area contributed by atoms with E-state index in [1.165, 1.54) is 24.3 Å². The molecule has 0 spiro atoms. The predicted molar refractivity (Wildman–Crippen MR) is 117 cm³/mol. The van der Waals surface area contributed by atoms with Crippen molar-refractivity contribution in [1.29, 1.82) is 0 Å². The highest BCUT2D eigenvalue weighted by atomic mass is 32.2. The Hall–Kier alpha value is -2.49. The van der Waals surface area contributed by atoms with Crippen LogP contribution in [0.25, 0.3) is 0 Å². The van der Waals surface area contributed by atoms with Gasteiger partial charge in [-0.05, 0) is 61.9 Å². The van der Waals surface area contributed by atoms with Gasteiger partial charge < -0.3 is 15.1 Å². The minimum Gasteiger partial charge on any atom is -0.369 e. The summed E-state index contributed by atoms with van der Waals surface area (Å²) in [5.74, 6) is -0.682. The number of fused-ring (bicyclic) bond motifs is 1. The summed E-state index contributed by atoms with van der Waals surface area (Å²) in [7, 11) is -1.86. The molecule has 7 nitrogen and oxygen atoms in total. The summed E-state index contributed by atoms with van der Waals surface area (Å²) in [6.45, 7) is 5.59. The number of benzene rings is 2. The fourth-order valence-electron chi connectivity index (χ4n) is 4.13. The van der Waals surface area contributed by atoms with Gasteiger partial charge in [-0.25, -0.2) is 17.5 Å². The minimum absolute atomic E-state index is 0.0210. The summed E-state index contributed by atoms with van der Waals surface area (Å²) < 4.78 is 42.9. The first-order valence-electron chi connectivity index (χ1n) is 10.4. The molecule has 2 aromatic rings. The monoisotopic (exact) mass is 446 g/mol. The summed E-state index contributed by atoms with van der Waals surface area (Å²) in [4.78, 5) is 16.5. The van der Waals surface area contributed by atoms with Gasteiger partial charge in [-0.15, -0.1) is 0 Å². The van der Waals surface area contributed by atoms with E-state index in [1.54, 1.807) is 19.1 Å². The van der Waals surface area contributed by atoms with Crippen LogP contribution in [0.5, 0.6) is 0 Å². The van der Waals surface area contributed by atoms with Gasteiger partial charge in [-0.3, -0.25) is 4.79 Å². The fourth-order valence-corrected chi connectivity index (χ4v) is 5.38. The largest absolute Gasteiger partial charge is 0.369 e. The second-order valence-electron chi connectivity index (χ2n) is 8.16. The van der Waals surface area contributed by atoms with E-state index < -0.39 is 21.9 Å². The SMILES string of the molecule is CC(NS(=O)(=O)c1ccc2c(c1)C(=O)NCC2)c1cc(F)ccc1N1CCN(C)CC1. The van der Waals surface area contributed by atoms with E-state index in [0.717, 1.165) is 37.4 Å². The van der Waals surface area contributed by atoms with Gasteiger partial charge in [-0.1, -0.05) is 6.07 Å². The molecule has 0 aromatic heterocycles. The number of amides is 1. The number of likely N-dealkylation sites (N-methyl/N-ethyl adjacent to an activating group) is 1. The number of piperazine rings is 1. The van der Waals surface area contributed by atoms with Gasteiger partial charge in [0, 0.05) is 50.0 Å². The van der Waals surface area contributed by atoms with E-state index in [4.69, 9.17) is 0 Å². The summed E-state index contributed by atoms with van der Waals surface area (Å²) in [6.07, 6.45) is 0.670. The van der Waals surface area contributed by atoms with Crippen LogP contribution in [0.3, 0.4) is 0 Å². The van der Waals surface area contributed by atoms with Crippen LogP contribution in [0, 0.1) is 5.82 Å². The highest BCUT2D eigenvalue weighted by molar-refractivity contribution is 7.89. The molecule has 2 aromatic carbocycles. The number of sulfonamides is 1. The first-order chi connectivity index (χ1) is 14.7. The molecule has 166 valence electrons. The van der Waals surface area contributed by atoms with E-state index in [2.05, 4.69) is 26.9 Å². The van der Waals surface area contributed by atoms with Crippen LogP contribution in [0.4, 0.5) is 10.1 Å². The van der Waals surface area contributed by atoms with Crippen molar-refractivity contribution in [2.45, 2.75) is 24.3 Å². The molecule has 2 aliphatic heterocycles. The average Bonchev–Trinajstić information content (AvgIpc) is 2.74. The minimum atomic E-state index is -3.91. The molecule has 0 saturated carbocycles. The van der Waals surface area contributed by atoms with Crippen LogP contribution in [-0.4, -0.2) is 59.0 Å². The third kappa shape index (κ3) is 4.58. The Morgan fingerprint density at radius 1 is 1.10 bits per heavy atom. The van der Waals surface area contributed by atoms with Crippen LogP contribution >= 0.6 is 0 Å². The lowest BCUT2D eigenvalue weighted by Crippen LogP contribution is -2.45. The van der Waals surface area contributed by atoms with Crippen LogP contribution in [0.1, 0.15) is 34.5 Å². The molecule has 4 rings (SSSR count). The summed E-state index contributed by atoms with van der Waals surface area (Å²) in [6, 6.07) is 8.46. The molecule has 2 aliphatic rings. The molecule has 0 radical (unpaired) electrons. The van der Waals surface area contributed by atoms with Gasteiger partial charge in [-0.2, -0.15) is 0 Å². The number of carbonyl (C=O) groups excluding carboxylic acids is 1. The molecule has 1 unspecified atom stereocenters. The Bertz CT molecular complexity index is 1100. The van der Waals surface area contributed by atoms with Crippen molar-refractivity contribution >= 4 is 21.6 Å². The highest BCUT2D eigenvalue weighted by Gasteiger charge is 2.26. The molecule has 0 aliphatic carbocycles. The van der Waals surface area contributed by atoms with Crippen molar-refractivity contribution in [3.05, 3.63) is 58.9 Å². The number of rotatable bonds is 5. The molecule has 9 heteroatoms. The Morgan fingerprint density at radius 3 is 2.58 bits per heavy atom. The number of nitrogens with zero attached hydrogens (tertiary/aromatic N) is 2. The zero-order chi connectivity index (χ0) is 22.2. The summed E-state index contributed by atoms with van der Waals surface area (Å²) in [5.41, 5.74) is 2.63. The molecular weight excluding hydrogens is 419 g/mol.